The van der Waals surface area contributed by atoms with Crippen molar-refractivity contribution in [1.29, 1.82) is 0 Å². The van der Waals surface area contributed by atoms with Gasteiger partial charge in [-0.05, 0) is 31.6 Å². The van der Waals surface area contributed by atoms with Gasteiger partial charge < -0.3 is 14.6 Å². The van der Waals surface area contributed by atoms with Gasteiger partial charge in [-0.3, -0.25) is 4.18 Å². The first-order valence-corrected chi connectivity index (χ1v) is 9.14. The quantitative estimate of drug-likeness (QED) is 0.608. The Morgan fingerprint density at radius 2 is 2.24 bits per heavy atom. The molecule has 0 saturated carbocycles. The summed E-state index contributed by atoms with van der Waals surface area (Å²) in [5, 5.41) is 10.5. The number of hydrogen-bond donors (Lipinski definition) is 1. The Balaban J connectivity index is 1.78. The van der Waals surface area contributed by atoms with Gasteiger partial charge in [-0.2, -0.15) is 8.42 Å². The van der Waals surface area contributed by atoms with E-state index in [0.717, 1.165) is 19.1 Å². The van der Waals surface area contributed by atoms with Crippen molar-refractivity contribution in [3.05, 3.63) is 11.6 Å². The van der Waals surface area contributed by atoms with Gasteiger partial charge in [-0.25, -0.2) is 0 Å². The largest absolute Gasteiger partial charge is 0.390 e. The highest BCUT2D eigenvalue weighted by molar-refractivity contribution is 7.85. The monoisotopic (exact) mass is 318 g/mol. The molecule has 2 heterocycles. The SMILES string of the molecule is CC1=CC[C@@H]2[C@@H](O)[C@@H](COS(C)(=O)=O)O[C@@H]3OCC[C@@H]1[C@@H]32. The van der Waals surface area contributed by atoms with Gasteiger partial charge in [-0.15, -0.1) is 0 Å². The van der Waals surface area contributed by atoms with E-state index in [4.69, 9.17) is 13.7 Å². The smallest absolute Gasteiger partial charge is 0.264 e. The van der Waals surface area contributed by atoms with Crippen molar-refractivity contribution >= 4 is 10.1 Å². The molecule has 0 aromatic rings. The first kappa shape index (κ1) is 15.4. The van der Waals surface area contributed by atoms with Gasteiger partial charge >= 0.3 is 0 Å². The molecule has 2 saturated heterocycles. The molecule has 3 rings (SSSR count). The van der Waals surface area contributed by atoms with Crippen LogP contribution in [0.4, 0.5) is 0 Å². The van der Waals surface area contributed by atoms with Crippen molar-refractivity contribution in [1.82, 2.24) is 0 Å². The number of aliphatic hydroxyl groups is 1. The third-order valence-electron chi connectivity index (χ3n) is 4.86. The Bertz CT molecular complexity index is 528. The Labute approximate surface area is 125 Å². The predicted octanol–water partition coefficient (Wildman–Crippen LogP) is 0.667. The first-order valence-electron chi connectivity index (χ1n) is 7.33. The fourth-order valence-electron chi connectivity index (χ4n) is 3.82. The molecule has 120 valence electrons. The summed E-state index contributed by atoms with van der Waals surface area (Å²) in [6.07, 6.45) is 3.10. The summed E-state index contributed by atoms with van der Waals surface area (Å²) >= 11 is 0. The van der Waals surface area contributed by atoms with E-state index in [1.54, 1.807) is 0 Å². The minimum Gasteiger partial charge on any atom is -0.390 e. The molecule has 21 heavy (non-hydrogen) atoms. The third-order valence-corrected chi connectivity index (χ3v) is 5.42. The molecule has 0 bridgehead atoms. The van der Waals surface area contributed by atoms with Crippen molar-refractivity contribution in [3.63, 3.8) is 0 Å². The van der Waals surface area contributed by atoms with Crippen LogP contribution in [0.3, 0.4) is 0 Å². The minimum absolute atomic E-state index is 0.0333. The maximum Gasteiger partial charge on any atom is 0.264 e. The summed E-state index contributed by atoms with van der Waals surface area (Å²) in [7, 11) is -3.55. The van der Waals surface area contributed by atoms with E-state index in [-0.39, 0.29) is 24.7 Å². The maximum absolute atomic E-state index is 11.1. The molecule has 1 N–H and O–H groups in total. The Morgan fingerprint density at radius 1 is 1.48 bits per heavy atom. The molecule has 3 aliphatic rings. The van der Waals surface area contributed by atoms with E-state index in [0.29, 0.717) is 12.5 Å². The van der Waals surface area contributed by atoms with Crippen molar-refractivity contribution in [2.45, 2.75) is 38.3 Å². The van der Waals surface area contributed by atoms with Crippen molar-refractivity contribution in [2.24, 2.45) is 17.8 Å². The molecule has 2 fully saturated rings. The van der Waals surface area contributed by atoms with Crippen LogP contribution in [-0.2, 0) is 23.8 Å². The lowest BCUT2D eigenvalue weighted by Gasteiger charge is -2.52. The zero-order valence-corrected chi connectivity index (χ0v) is 13.1. The van der Waals surface area contributed by atoms with Gasteiger partial charge in [-0.1, -0.05) is 11.6 Å². The Hall–Kier alpha value is -0.470. The average molecular weight is 318 g/mol. The predicted molar refractivity (Wildman–Crippen MR) is 74.9 cm³/mol. The minimum atomic E-state index is -3.55. The number of aliphatic hydroxyl groups excluding tert-OH is 1. The zero-order valence-electron chi connectivity index (χ0n) is 12.3. The lowest BCUT2D eigenvalue weighted by atomic mass is 9.66. The summed E-state index contributed by atoms with van der Waals surface area (Å²) in [5.74, 6) is 0.563. The van der Waals surface area contributed by atoms with Crippen LogP contribution in [0, 0.1) is 17.8 Å². The van der Waals surface area contributed by atoms with Crippen LogP contribution >= 0.6 is 0 Å². The van der Waals surface area contributed by atoms with Crippen LogP contribution in [0.25, 0.3) is 0 Å². The third kappa shape index (κ3) is 3.03. The molecule has 0 aromatic carbocycles. The molecule has 0 spiro atoms. The van der Waals surface area contributed by atoms with Crippen LogP contribution in [0.1, 0.15) is 19.8 Å². The van der Waals surface area contributed by atoms with Gasteiger partial charge in [0.05, 0.1) is 25.6 Å². The Kier molecular flexibility index (Phi) is 4.13. The van der Waals surface area contributed by atoms with E-state index in [9.17, 15) is 13.5 Å². The molecule has 1 aliphatic carbocycles. The molecule has 7 heteroatoms. The van der Waals surface area contributed by atoms with Crippen molar-refractivity contribution < 1.29 is 27.2 Å². The van der Waals surface area contributed by atoms with Gasteiger partial charge in [0.1, 0.15) is 6.10 Å². The number of ether oxygens (including phenoxy) is 2. The van der Waals surface area contributed by atoms with Crippen LogP contribution in [-0.4, -0.2) is 51.5 Å². The number of rotatable bonds is 3. The van der Waals surface area contributed by atoms with E-state index < -0.39 is 22.3 Å². The van der Waals surface area contributed by atoms with E-state index in [1.807, 2.05) is 0 Å². The number of hydrogen-bond acceptors (Lipinski definition) is 6. The maximum atomic E-state index is 11.1. The summed E-state index contributed by atoms with van der Waals surface area (Å²) < 4.78 is 38.5. The molecule has 6 nitrogen and oxygen atoms in total. The van der Waals surface area contributed by atoms with Crippen LogP contribution in [0.5, 0.6) is 0 Å². The molecular weight excluding hydrogens is 296 g/mol. The second kappa shape index (κ2) is 5.62. The lowest BCUT2D eigenvalue weighted by molar-refractivity contribution is -0.296. The van der Waals surface area contributed by atoms with E-state index in [2.05, 4.69) is 13.0 Å². The fraction of sp³-hybridized carbons (Fsp3) is 0.857. The molecule has 0 amide bonds. The molecule has 0 unspecified atom stereocenters. The topological polar surface area (TPSA) is 82.1 Å². The highest BCUT2D eigenvalue weighted by Crippen LogP contribution is 2.47. The van der Waals surface area contributed by atoms with Gasteiger partial charge in [0.15, 0.2) is 6.29 Å². The lowest BCUT2D eigenvalue weighted by Crippen LogP contribution is -2.58. The molecular formula is C14H22O6S. The van der Waals surface area contributed by atoms with Gasteiger partial charge in [0.2, 0.25) is 0 Å². The molecule has 0 aromatic heterocycles. The average Bonchev–Trinajstić information content (AvgIpc) is 2.42. The second-order valence-electron chi connectivity index (χ2n) is 6.21. The van der Waals surface area contributed by atoms with Crippen LogP contribution in [0.15, 0.2) is 11.6 Å². The number of allylic oxidation sites excluding steroid dienone is 2. The summed E-state index contributed by atoms with van der Waals surface area (Å²) in [6.45, 7) is 2.57. The van der Waals surface area contributed by atoms with Gasteiger partial charge in [0, 0.05) is 5.92 Å². The molecule has 6 atom stereocenters. The highest BCUT2D eigenvalue weighted by Gasteiger charge is 2.51. The highest BCUT2D eigenvalue weighted by atomic mass is 32.2. The summed E-state index contributed by atoms with van der Waals surface area (Å²) in [4.78, 5) is 0. The molecule has 2 aliphatic heterocycles. The van der Waals surface area contributed by atoms with Crippen LogP contribution in [0.2, 0.25) is 0 Å². The zero-order chi connectivity index (χ0) is 15.2. The summed E-state index contributed by atoms with van der Waals surface area (Å²) in [6, 6.07) is 0. The van der Waals surface area contributed by atoms with Gasteiger partial charge in [0.25, 0.3) is 10.1 Å². The summed E-state index contributed by atoms with van der Waals surface area (Å²) in [5.41, 5.74) is 1.34. The van der Waals surface area contributed by atoms with Crippen LogP contribution < -0.4 is 0 Å². The van der Waals surface area contributed by atoms with Crippen molar-refractivity contribution in [2.75, 3.05) is 19.5 Å². The standard InChI is InChI=1S/C14H22O6S/c1-8-3-4-10-12-9(8)5-6-18-14(12)20-11(13(10)15)7-19-21(2,16)17/h3,9-15H,4-7H2,1-2H3/t9-,10-,11+,12+,13+,14-/m0/s1. The first-order chi connectivity index (χ1) is 9.87. The second-order valence-corrected chi connectivity index (χ2v) is 7.86. The van der Waals surface area contributed by atoms with E-state index in [1.165, 1.54) is 5.57 Å². The fourth-order valence-corrected chi connectivity index (χ4v) is 4.20. The van der Waals surface area contributed by atoms with E-state index >= 15 is 0 Å². The van der Waals surface area contributed by atoms with Crippen molar-refractivity contribution in [3.8, 4) is 0 Å². The normalized spacial score (nSPS) is 43.1. The Morgan fingerprint density at radius 3 is 2.95 bits per heavy atom. The molecule has 0 radical (unpaired) electrons.